The predicted molar refractivity (Wildman–Crippen MR) is 91.9 cm³/mol. The summed E-state index contributed by atoms with van der Waals surface area (Å²) >= 11 is 0. The SMILES string of the molecule is Oc1ccc(C(c2ccccc2)(c2ccc(O)c(O)c2)C(F)(F)F)cc1O. The lowest BCUT2D eigenvalue weighted by atomic mass is 9.68. The first-order valence-corrected chi connectivity index (χ1v) is 7.85. The van der Waals surface area contributed by atoms with Gasteiger partial charge in [0.05, 0.1) is 0 Å². The fourth-order valence-electron chi connectivity index (χ4n) is 3.19. The molecule has 0 heterocycles. The van der Waals surface area contributed by atoms with Gasteiger partial charge in [-0.25, -0.2) is 0 Å². The smallest absolute Gasteiger partial charge is 0.406 e. The van der Waals surface area contributed by atoms with Crippen molar-refractivity contribution in [3.63, 3.8) is 0 Å². The average molecular weight is 376 g/mol. The monoisotopic (exact) mass is 376 g/mol. The molecule has 0 atom stereocenters. The van der Waals surface area contributed by atoms with Crippen LogP contribution in [0.25, 0.3) is 0 Å². The van der Waals surface area contributed by atoms with Crippen LogP contribution in [0.3, 0.4) is 0 Å². The van der Waals surface area contributed by atoms with E-state index in [2.05, 4.69) is 0 Å². The highest BCUT2D eigenvalue weighted by Crippen LogP contribution is 2.53. The van der Waals surface area contributed by atoms with E-state index in [0.717, 1.165) is 36.4 Å². The molecular weight excluding hydrogens is 361 g/mol. The summed E-state index contributed by atoms with van der Waals surface area (Å²) in [4.78, 5) is 0. The first-order chi connectivity index (χ1) is 12.7. The molecule has 0 amide bonds. The van der Waals surface area contributed by atoms with Crippen LogP contribution in [-0.4, -0.2) is 26.6 Å². The van der Waals surface area contributed by atoms with Crippen molar-refractivity contribution in [2.75, 3.05) is 0 Å². The van der Waals surface area contributed by atoms with Gasteiger partial charge in [-0.3, -0.25) is 0 Å². The molecule has 0 unspecified atom stereocenters. The summed E-state index contributed by atoms with van der Waals surface area (Å²) in [5.74, 6) is -2.53. The Morgan fingerprint density at radius 1 is 0.519 bits per heavy atom. The van der Waals surface area contributed by atoms with Crippen molar-refractivity contribution >= 4 is 0 Å². The number of alkyl halides is 3. The van der Waals surface area contributed by atoms with E-state index >= 15 is 0 Å². The minimum Gasteiger partial charge on any atom is -0.504 e. The van der Waals surface area contributed by atoms with Crippen molar-refractivity contribution in [3.8, 4) is 23.0 Å². The molecule has 7 heteroatoms. The maximum Gasteiger partial charge on any atom is 0.406 e. The van der Waals surface area contributed by atoms with E-state index in [4.69, 9.17) is 0 Å². The van der Waals surface area contributed by atoms with Crippen LogP contribution in [0.2, 0.25) is 0 Å². The Kier molecular flexibility index (Phi) is 4.39. The molecule has 4 N–H and O–H groups in total. The normalized spacial score (nSPS) is 12.1. The van der Waals surface area contributed by atoms with Gasteiger partial charge in [-0.2, -0.15) is 13.2 Å². The first kappa shape index (κ1) is 18.4. The van der Waals surface area contributed by atoms with Gasteiger partial charge in [0.1, 0.15) is 5.41 Å². The van der Waals surface area contributed by atoms with Crippen LogP contribution in [0, 0.1) is 0 Å². The lowest BCUT2D eigenvalue weighted by Gasteiger charge is -2.37. The Bertz CT molecular complexity index is 917. The number of hydrogen-bond acceptors (Lipinski definition) is 4. The number of rotatable bonds is 3. The van der Waals surface area contributed by atoms with E-state index < -0.39 is 34.6 Å². The third-order valence-electron chi connectivity index (χ3n) is 4.45. The van der Waals surface area contributed by atoms with Crippen molar-refractivity contribution in [2.45, 2.75) is 11.6 Å². The first-order valence-electron chi connectivity index (χ1n) is 7.85. The largest absolute Gasteiger partial charge is 0.504 e. The molecular formula is C20H15F3O4. The Morgan fingerprint density at radius 3 is 1.33 bits per heavy atom. The fourth-order valence-corrected chi connectivity index (χ4v) is 3.19. The van der Waals surface area contributed by atoms with Crippen molar-refractivity contribution < 1.29 is 33.6 Å². The maximum atomic E-state index is 14.6. The van der Waals surface area contributed by atoms with Gasteiger partial charge in [-0.15, -0.1) is 0 Å². The van der Waals surface area contributed by atoms with E-state index in [0.29, 0.717) is 0 Å². The highest BCUT2D eigenvalue weighted by Gasteiger charge is 2.58. The standard InChI is InChI=1S/C20H15F3O4/c21-20(22,23)19(12-4-2-1-3-5-12,13-6-8-15(24)17(26)10-13)14-7-9-16(25)18(27)11-14/h1-11,24-27H. The van der Waals surface area contributed by atoms with Gasteiger partial charge in [0, 0.05) is 0 Å². The molecule has 0 aromatic heterocycles. The second kappa shape index (κ2) is 6.42. The number of halogens is 3. The number of phenols is 4. The Labute approximate surface area is 152 Å². The summed E-state index contributed by atoms with van der Waals surface area (Å²) in [6, 6.07) is 12.7. The van der Waals surface area contributed by atoms with Crippen LogP contribution in [0.1, 0.15) is 16.7 Å². The third-order valence-corrected chi connectivity index (χ3v) is 4.45. The highest BCUT2D eigenvalue weighted by atomic mass is 19.4. The van der Waals surface area contributed by atoms with Crippen molar-refractivity contribution in [2.24, 2.45) is 0 Å². The molecule has 0 fully saturated rings. The molecule has 0 bridgehead atoms. The number of aromatic hydroxyl groups is 4. The molecule has 27 heavy (non-hydrogen) atoms. The van der Waals surface area contributed by atoms with Crippen LogP contribution in [-0.2, 0) is 5.41 Å². The highest BCUT2D eigenvalue weighted by molar-refractivity contribution is 5.58. The van der Waals surface area contributed by atoms with E-state index in [-0.39, 0.29) is 16.7 Å². The van der Waals surface area contributed by atoms with E-state index in [1.807, 2.05) is 0 Å². The minimum atomic E-state index is -4.89. The summed E-state index contributed by atoms with van der Waals surface area (Å²) in [6.07, 6.45) is -4.89. The second-order valence-electron chi connectivity index (χ2n) is 6.02. The Hall–Kier alpha value is -3.35. The summed E-state index contributed by atoms with van der Waals surface area (Å²) < 4.78 is 43.8. The van der Waals surface area contributed by atoms with Gasteiger partial charge in [-0.1, -0.05) is 42.5 Å². The van der Waals surface area contributed by atoms with Crippen LogP contribution in [0.15, 0.2) is 66.7 Å². The van der Waals surface area contributed by atoms with Gasteiger partial charge in [0.15, 0.2) is 23.0 Å². The molecule has 3 rings (SSSR count). The summed E-state index contributed by atoms with van der Waals surface area (Å²) in [7, 11) is 0. The van der Waals surface area contributed by atoms with Gasteiger partial charge >= 0.3 is 6.18 Å². The molecule has 3 aromatic rings. The molecule has 4 nitrogen and oxygen atoms in total. The molecule has 140 valence electrons. The molecule has 0 saturated carbocycles. The van der Waals surface area contributed by atoms with Gasteiger partial charge in [-0.05, 0) is 41.0 Å². The number of hydrogen-bond donors (Lipinski definition) is 4. The summed E-state index contributed by atoms with van der Waals surface area (Å²) in [5.41, 5.74) is -3.64. The topological polar surface area (TPSA) is 80.9 Å². The van der Waals surface area contributed by atoms with Crippen LogP contribution < -0.4 is 0 Å². The third kappa shape index (κ3) is 2.91. The van der Waals surface area contributed by atoms with E-state index in [9.17, 15) is 33.6 Å². The minimum absolute atomic E-state index is 0.160. The molecule has 0 saturated heterocycles. The van der Waals surface area contributed by atoms with Gasteiger partial charge < -0.3 is 20.4 Å². The zero-order chi connectivity index (χ0) is 19.8. The van der Waals surface area contributed by atoms with E-state index in [1.165, 1.54) is 24.3 Å². The molecule has 3 aromatic carbocycles. The number of benzene rings is 3. The van der Waals surface area contributed by atoms with E-state index in [1.54, 1.807) is 6.07 Å². The van der Waals surface area contributed by atoms with Crippen molar-refractivity contribution in [1.29, 1.82) is 0 Å². The summed E-state index contributed by atoms with van der Waals surface area (Å²) in [6.45, 7) is 0. The molecule has 0 spiro atoms. The Balaban J connectivity index is 2.46. The maximum absolute atomic E-state index is 14.6. The predicted octanol–water partition coefficient (Wildman–Crippen LogP) is 4.41. The van der Waals surface area contributed by atoms with Crippen LogP contribution in [0.5, 0.6) is 23.0 Å². The molecule has 0 radical (unpaired) electrons. The Morgan fingerprint density at radius 2 is 0.963 bits per heavy atom. The fraction of sp³-hybridized carbons (Fsp3) is 0.100. The zero-order valence-corrected chi connectivity index (χ0v) is 13.8. The average Bonchev–Trinajstić information content (AvgIpc) is 2.61. The van der Waals surface area contributed by atoms with Crippen molar-refractivity contribution in [3.05, 3.63) is 83.4 Å². The lowest BCUT2D eigenvalue weighted by Crippen LogP contribution is -2.44. The molecule has 0 aliphatic rings. The summed E-state index contributed by atoms with van der Waals surface area (Å²) in [5, 5.41) is 38.7. The molecule has 0 aliphatic carbocycles. The van der Waals surface area contributed by atoms with Crippen LogP contribution in [0.4, 0.5) is 13.2 Å². The lowest BCUT2D eigenvalue weighted by molar-refractivity contribution is -0.166. The molecule has 0 aliphatic heterocycles. The van der Waals surface area contributed by atoms with Crippen LogP contribution >= 0.6 is 0 Å². The quantitative estimate of drug-likeness (QED) is 0.403. The van der Waals surface area contributed by atoms with Gasteiger partial charge in [0.2, 0.25) is 0 Å². The number of phenolic OH excluding ortho intramolecular Hbond substituents is 4. The van der Waals surface area contributed by atoms with Crippen molar-refractivity contribution in [1.82, 2.24) is 0 Å². The zero-order valence-electron chi connectivity index (χ0n) is 13.8. The second-order valence-corrected chi connectivity index (χ2v) is 6.02. The van der Waals surface area contributed by atoms with Gasteiger partial charge in [0.25, 0.3) is 0 Å².